The molecule has 0 amide bonds. The van der Waals surface area contributed by atoms with Gasteiger partial charge in [-0.15, -0.1) is 0 Å². The van der Waals surface area contributed by atoms with Gasteiger partial charge in [0.1, 0.15) is 11.4 Å². The SMILES string of the molecule is COc1ccc(Cc2ccc3c(c2)OCO3)nc1-c1cccc(NO)c1. The number of hydrogen-bond acceptors (Lipinski definition) is 6. The van der Waals surface area contributed by atoms with E-state index in [2.05, 4.69) is 5.48 Å². The molecule has 0 saturated heterocycles. The van der Waals surface area contributed by atoms with Crippen molar-refractivity contribution in [2.24, 2.45) is 0 Å². The van der Waals surface area contributed by atoms with Crippen LogP contribution in [0.25, 0.3) is 11.3 Å². The molecule has 0 unspecified atom stereocenters. The standard InChI is InChI=1S/C20H18N2O4/c1-24-18-8-6-15(9-13-5-7-17-19(10-13)26-12-25-17)21-20(18)14-3-2-4-16(11-14)22-23/h2-8,10-11,22-23H,9,12H2,1H3. The van der Waals surface area contributed by atoms with Crippen molar-refractivity contribution >= 4 is 5.69 Å². The Balaban J connectivity index is 1.67. The van der Waals surface area contributed by atoms with Crippen LogP contribution in [0.1, 0.15) is 11.3 Å². The summed E-state index contributed by atoms with van der Waals surface area (Å²) in [6.07, 6.45) is 0.658. The minimum absolute atomic E-state index is 0.263. The molecule has 4 rings (SSSR count). The molecule has 26 heavy (non-hydrogen) atoms. The summed E-state index contributed by atoms with van der Waals surface area (Å²) in [6.45, 7) is 0.263. The first-order valence-corrected chi connectivity index (χ1v) is 8.20. The van der Waals surface area contributed by atoms with Crippen LogP contribution >= 0.6 is 0 Å². The largest absolute Gasteiger partial charge is 0.494 e. The second-order valence-electron chi connectivity index (χ2n) is 5.91. The molecule has 0 aliphatic carbocycles. The van der Waals surface area contributed by atoms with Crippen LogP contribution in [0.15, 0.2) is 54.6 Å². The molecule has 2 N–H and O–H groups in total. The van der Waals surface area contributed by atoms with Crippen LogP contribution in [0, 0.1) is 0 Å². The molecule has 132 valence electrons. The predicted octanol–water partition coefficient (Wildman–Crippen LogP) is 3.88. The summed E-state index contributed by atoms with van der Waals surface area (Å²) in [5, 5.41) is 9.14. The first-order valence-electron chi connectivity index (χ1n) is 8.20. The molecule has 0 atom stereocenters. The molecule has 2 heterocycles. The highest BCUT2D eigenvalue weighted by Crippen LogP contribution is 2.34. The number of nitrogens with zero attached hydrogens (tertiary/aromatic N) is 1. The summed E-state index contributed by atoms with van der Waals surface area (Å²) >= 11 is 0. The third-order valence-electron chi connectivity index (χ3n) is 4.22. The maximum absolute atomic E-state index is 9.14. The molecule has 1 aliphatic rings. The summed E-state index contributed by atoms with van der Waals surface area (Å²) in [6, 6.07) is 17.1. The fourth-order valence-electron chi connectivity index (χ4n) is 2.95. The van der Waals surface area contributed by atoms with Gasteiger partial charge in [-0.25, -0.2) is 4.98 Å². The van der Waals surface area contributed by atoms with Gasteiger partial charge in [-0.05, 0) is 42.0 Å². The molecule has 2 aromatic carbocycles. The van der Waals surface area contributed by atoms with Gasteiger partial charge in [-0.3, -0.25) is 10.7 Å². The zero-order chi connectivity index (χ0) is 17.9. The Hall–Kier alpha value is -3.25. The van der Waals surface area contributed by atoms with E-state index in [1.807, 2.05) is 48.5 Å². The van der Waals surface area contributed by atoms with E-state index < -0.39 is 0 Å². The predicted molar refractivity (Wildman–Crippen MR) is 97.0 cm³/mol. The molecule has 0 radical (unpaired) electrons. The molecule has 0 spiro atoms. The highest BCUT2D eigenvalue weighted by molar-refractivity contribution is 5.70. The van der Waals surface area contributed by atoms with E-state index in [0.29, 0.717) is 17.9 Å². The van der Waals surface area contributed by atoms with Crippen LogP contribution in [0.4, 0.5) is 5.69 Å². The van der Waals surface area contributed by atoms with Gasteiger partial charge in [0.2, 0.25) is 6.79 Å². The van der Waals surface area contributed by atoms with E-state index in [0.717, 1.165) is 34.0 Å². The second kappa shape index (κ2) is 6.93. The van der Waals surface area contributed by atoms with Gasteiger partial charge in [0.15, 0.2) is 11.5 Å². The second-order valence-corrected chi connectivity index (χ2v) is 5.91. The van der Waals surface area contributed by atoms with E-state index in [1.54, 1.807) is 13.2 Å². The first-order chi connectivity index (χ1) is 12.8. The van der Waals surface area contributed by atoms with Crippen molar-refractivity contribution in [3.05, 3.63) is 65.9 Å². The number of pyridine rings is 1. The fraction of sp³-hybridized carbons (Fsp3) is 0.150. The normalized spacial score (nSPS) is 12.1. The lowest BCUT2D eigenvalue weighted by atomic mass is 10.1. The van der Waals surface area contributed by atoms with Gasteiger partial charge >= 0.3 is 0 Å². The van der Waals surface area contributed by atoms with Crippen LogP contribution in [-0.4, -0.2) is 24.1 Å². The number of fused-ring (bicyclic) bond motifs is 1. The topological polar surface area (TPSA) is 72.8 Å². The molecular formula is C20H18N2O4. The van der Waals surface area contributed by atoms with E-state index in [4.69, 9.17) is 24.4 Å². The Kier molecular flexibility index (Phi) is 4.33. The van der Waals surface area contributed by atoms with Gasteiger partial charge in [0.25, 0.3) is 0 Å². The minimum Gasteiger partial charge on any atom is -0.494 e. The zero-order valence-electron chi connectivity index (χ0n) is 14.2. The number of anilines is 1. The van der Waals surface area contributed by atoms with Gasteiger partial charge in [0.05, 0.1) is 12.8 Å². The summed E-state index contributed by atoms with van der Waals surface area (Å²) in [7, 11) is 1.62. The number of ether oxygens (including phenoxy) is 3. The average Bonchev–Trinajstić information content (AvgIpc) is 3.16. The highest BCUT2D eigenvalue weighted by Gasteiger charge is 2.15. The Bertz CT molecular complexity index is 943. The van der Waals surface area contributed by atoms with Crippen LogP contribution in [0.2, 0.25) is 0 Å². The quantitative estimate of drug-likeness (QED) is 0.681. The van der Waals surface area contributed by atoms with E-state index >= 15 is 0 Å². The van der Waals surface area contributed by atoms with Crippen LogP contribution < -0.4 is 19.7 Å². The number of methoxy groups -OCH3 is 1. The molecular weight excluding hydrogens is 332 g/mol. The molecule has 1 aromatic heterocycles. The van der Waals surface area contributed by atoms with E-state index in [-0.39, 0.29) is 6.79 Å². The third-order valence-corrected chi connectivity index (χ3v) is 4.22. The molecule has 6 heteroatoms. The zero-order valence-corrected chi connectivity index (χ0v) is 14.2. The maximum Gasteiger partial charge on any atom is 0.231 e. The van der Waals surface area contributed by atoms with Crippen LogP contribution in [-0.2, 0) is 6.42 Å². The molecule has 0 saturated carbocycles. The minimum atomic E-state index is 0.263. The summed E-state index contributed by atoms with van der Waals surface area (Å²) in [5.74, 6) is 2.21. The van der Waals surface area contributed by atoms with Gasteiger partial charge in [0, 0.05) is 17.7 Å². The Morgan fingerprint density at radius 2 is 1.96 bits per heavy atom. The monoisotopic (exact) mass is 350 g/mol. The Morgan fingerprint density at radius 1 is 1.08 bits per heavy atom. The Labute approximate surface area is 150 Å². The van der Waals surface area contributed by atoms with Crippen molar-refractivity contribution < 1.29 is 19.4 Å². The lowest BCUT2D eigenvalue weighted by molar-refractivity contribution is 0.174. The van der Waals surface area contributed by atoms with Crippen molar-refractivity contribution in [2.75, 3.05) is 19.4 Å². The lowest BCUT2D eigenvalue weighted by Crippen LogP contribution is -1.98. The Morgan fingerprint density at radius 3 is 2.81 bits per heavy atom. The van der Waals surface area contributed by atoms with Crippen LogP contribution in [0.3, 0.4) is 0 Å². The fourth-order valence-corrected chi connectivity index (χ4v) is 2.95. The van der Waals surface area contributed by atoms with Gasteiger partial charge in [-0.2, -0.15) is 0 Å². The number of benzene rings is 2. The summed E-state index contributed by atoms with van der Waals surface area (Å²) < 4.78 is 16.2. The van der Waals surface area contributed by atoms with E-state index in [9.17, 15) is 0 Å². The molecule has 0 bridgehead atoms. The smallest absolute Gasteiger partial charge is 0.231 e. The highest BCUT2D eigenvalue weighted by atomic mass is 16.7. The van der Waals surface area contributed by atoms with Gasteiger partial charge < -0.3 is 14.2 Å². The van der Waals surface area contributed by atoms with Crippen molar-refractivity contribution in [1.29, 1.82) is 0 Å². The third kappa shape index (κ3) is 3.14. The number of nitrogens with one attached hydrogen (secondary N) is 1. The summed E-state index contributed by atoms with van der Waals surface area (Å²) in [4.78, 5) is 4.77. The van der Waals surface area contributed by atoms with Crippen molar-refractivity contribution in [3.63, 3.8) is 0 Å². The first kappa shape index (κ1) is 16.2. The lowest BCUT2D eigenvalue weighted by Gasteiger charge is -2.11. The average molecular weight is 350 g/mol. The van der Waals surface area contributed by atoms with E-state index in [1.165, 1.54) is 0 Å². The van der Waals surface area contributed by atoms with Crippen molar-refractivity contribution in [2.45, 2.75) is 6.42 Å². The molecule has 6 nitrogen and oxygen atoms in total. The van der Waals surface area contributed by atoms with Crippen molar-refractivity contribution in [1.82, 2.24) is 4.98 Å². The number of aromatic nitrogens is 1. The van der Waals surface area contributed by atoms with Gasteiger partial charge in [-0.1, -0.05) is 18.2 Å². The van der Waals surface area contributed by atoms with Crippen LogP contribution in [0.5, 0.6) is 17.2 Å². The maximum atomic E-state index is 9.14. The number of rotatable bonds is 5. The molecule has 1 aliphatic heterocycles. The van der Waals surface area contributed by atoms with Crippen molar-refractivity contribution in [3.8, 4) is 28.5 Å². The summed E-state index contributed by atoms with van der Waals surface area (Å²) in [5.41, 5.74) is 6.32. The number of hydrogen-bond donors (Lipinski definition) is 2. The molecule has 0 fully saturated rings. The molecule has 3 aromatic rings.